The highest BCUT2D eigenvalue weighted by molar-refractivity contribution is 5.94. The van der Waals surface area contributed by atoms with E-state index in [2.05, 4.69) is 5.32 Å². The number of hydrogen-bond donors (Lipinski definition) is 3. The number of nitrogens with one attached hydrogen (secondary N) is 1. The second-order valence-electron chi connectivity index (χ2n) is 4.64. The van der Waals surface area contributed by atoms with Crippen molar-refractivity contribution in [2.45, 2.75) is 39.2 Å². The third-order valence-electron chi connectivity index (χ3n) is 3.33. The summed E-state index contributed by atoms with van der Waals surface area (Å²) in [4.78, 5) is 11.1. The molecule has 0 fully saturated rings. The molecule has 18 heavy (non-hydrogen) atoms. The van der Waals surface area contributed by atoms with Gasteiger partial charge in [-0.05, 0) is 31.9 Å². The Morgan fingerprint density at radius 2 is 1.94 bits per heavy atom. The van der Waals surface area contributed by atoms with Crippen molar-refractivity contribution in [2.75, 3.05) is 11.9 Å². The number of aromatic carboxylic acids is 1. The van der Waals surface area contributed by atoms with Gasteiger partial charge in [0.05, 0.1) is 11.2 Å². The average molecular weight is 251 g/mol. The number of hydrogen-bond acceptors (Lipinski definition) is 3. The van der Waals surface area contributed by atoms with E-state index in [1.807, 2.05) is 26.8 Å². The minimum absolute atomic E-state index is 0.240. The number of aliphatic hydroxyl groups is 1. The molecule has 0 aliphatic carbocycles. The summed E-state index contributed by atoms with van der Waals surface area (Å²) in [5, 5.41) is 22.3. The summed E-state index contributed by atoms with van der Waals surface area (Å²) in [7, 11) is 0. The molecule has 0 bridgehead atoms. The van der Waals surface area contributed by atoms with Crippen LogP contribution in [0.2, 0.25) is 0 Å². The Bertz CT molecular complexity index is 425. The zero-order chi connectivity index (χ0) is 13.8. The maximum Gasteiger partial charge on any atom is 0.337 e. The van der Waals surface area contributed by atoms with Crippen LogP contribution in [0.4, 0.5) is 5.69 Å². The summed E-state index contributed by atoms with van der Waals surface area (Å²) in [5.74, 6) is -0.960. The molecule has 0 aliphatic heterocycles. The smallest absolute Gasteiger partial charge is 0.337 e. The van der Waals surface area contributed by atoms with Gasteiger partial charge in [-0.15, -0.1) is 0 Å². The van der Waals surface area contributed by atoms with Gasteiger partial charge in [-0.2, -0.15) is 0 Å². The maximum atomic E-state index is 11.1. The summed E-state index contributed by atoms with van der Waals surface area (Å²) in [6, 6.07) is 5.22. The summed E-state index contributed by atoms with van der Waals surface area (Å²) in [6.45, 7) is 6.03. The molecule has 1 aromatic carbocycles. The van der Waals surface area contributed by atoms with E-state index < -0.39 is 11.6 Å². The van der Waals surface area contributed by atoms with Crippen LogP contribution in [0, 0.1) is 6.92 Å². The number of carboxylic acid groups (broad SMARTS) is 1. The first-order valence-electron chi connectivity index (χ1n) is 6.22. The lowest BCUT2D eigenvalue weighted by molar-refractivity contribution is 0.0455. The van der Waals surface area contributed by atoms with Gasteiger partial charge in [0.25, 0.3) is 0 Å². The van der Waals surface area contributed by atoms with Crippen LogP contribution in [0.5, 0.6) is 0 Å². The fourth-order valence-electron chi connectivity index (χ4n) is 1.75. The van der Waals surface area contributed by atoms with E-state index in [4.69, 9.17) is 5.11 Å². The molecule has 1 aromatic rings. The van der Waals surface area contributed by atoms with Crippen molar-refractivity contribution in [1.29, 1.82) is 0 Å². The van der Waals surface area contributed by atoms with Gasteiger partial charge in [-0.3, -0.25) is 0 Å². The third-order valence-corrected chi connectivity index (χ3v) is 3.33. The van der Waals surface area contributed by atoms with Gasteiger partial charge in [-0.25, -0.2) is 4.79 Å². The van der Waals surface area contributed by atoms with Crippen LogP contribution in [-0.2, 0) is 0 Å². The lowest BCUT2D eigenvalue weighted by Gasteiger charge is -2.26. The van der Waals surface area contributed by atoms with Crippen molar-refractivity contribution in [2.24, 2.45) is 0 Å². The summed E-state index contributed by atoms with van der Waals surface area (Å²) in [6.07, 6.45) is 1.26. The highest BCUT2D eigenvalue weighted by atomic mass is 16.4. The van der Waals surface area contributed by atoms with E-state index in [-0.39, 0.29) is 5.56 Å². The number of carbonyl (C=O) groups is 1. The maximum absolute atomic E-state index is 11.1. The van der Waals surface area contributed by atoms with Crippen molar-refractivity contribution in [3.63, 3.8) is 0 Å². The molecule has 3 N–H and O–H groups in total. The Morgan fingerprint density at radius 1 is 1.33 bits per heavy atom. The van der Waals surface area contributed by atoms with Gasteiger partial charge in [0.15, 0.2) is 0 Å². The molecule has 0 atom stereocenters. The van der Waals surface area contributed by atoms with Gasteiger partial charge in [0.1, 0.15) is 0 Å². The predicted molar refractivity (Wildman–Crippen MR) is 72.2 cm³/mol. The first-order chi connectivity index (χ1) is 8.41. The molecule has 0 saturated carbocycles. The zero-order valence-corrected chi connectivity index (χ0v) is 11.2. The van der Waals surface area contributed by atoms with Crippen LogP contribution in [0.3, 0.4) is 0 Å². The van der Waals surface area contributed by atoms with Crippen molar-refractivity contribution in [3.05, 3.63) is 29.3 Å². The highest BCUT2D eigenvalue weighted by Crippen LogP contribution is 2.20. The fraction of sp³-hybridized carbons (Fsp3) is 0.500. The molecule has 0 amide bonds. The predicted octanol–water partition coefficient (Wildman–Crippen LogP) is 2.66. The molecule has 0 unspecified atom stereocenters. The number of aryl methyl sites for hydroxylation is 1. The molecule has 0 heterocycles. The van der Waals surface area contributed by atoms with Gasteiger partial charge in [0.2, 0.25) is 0 Å². The molecule has 0 radical (unpaired) electrons. The molecule has 4 heteroatoms. The van der Waals surface area contributed by atoms with Crippen LogP contribution >= 0.6 is 0 Å². The van der Waals surface area contributed by atoms with E-state index >= 15 is 0 Å². The molecule has 0 saturated heterocycles. The molecular formula is C14H21NO3. The monoisotopic (exact) mass is 251 g/mol. The minimum atomic E-state index is -0.960. The van der Waals surface area contributed by atoms with Crippen molar-refractivity contribution in [3.8, 4) is 0 Å². The van der Waals surface area contributed by atoms with Gasteiger partial charge in [0, 0.05) is 12.2 Å². The van der Waals surface area contributed by atoms with E-state index in [1.54, 1.807) is 12.1 Å². The first kappa shape index (κ1) is 14.5. The van der Waals surface area contributed by atoms with Crippen LogP contribution in [0.1, 0.15) is 42.6 Å². The van der Waals surface area contributed by atoms with Gasteiger partial charge in [-0.1, -0.05) is 25.5 Å². The van der Waals surface area contributed by atoms with Crippen LogP contribution in [0.25, 0.3) is 0 Å². The lowest BCUT2D eigenvalue weighted by atomic mass is 9.97. The molecule has 4 nitrogen and oxygen atoms in total. The van der Waals surface area contributed by atoms with E-state index in [9.17, 15) is 9.90 Å². The summed E-state index contributed by atoms with van der Waals surface area (Å²) in [5.41, 5.74) is 0.901. The normalized spacial score (nSPS) is 11.3. The minimum Gasteiger partial charge on any atom is -0.478 e. The Hall–Kier alpha value is -1.55. The Kier molecular flexibility index (Phi) is 4.73. The first-order valence-corrected chi connectivity index (χ1v) is 6.22. The second-order valence-corrected chi connectivity index (χ2v) is 4.64. The molecule has 0 spiro atoms. The van der Waals surface area contributed by atoms with Crippen LogP contribution in [-0.4, -0.2) is 28.3 Å². The average Bonchev–Trinajstić information content (AvgIpc) is 2.36. The Labute approximate surface area is 108 Å². The summed E-state index contributed by atoms with van der Waals surface area (Å²) >= 11 is 0. The third kappa shape index (κ3) is 3.47. The zero-order valence-electron chi connectivity index (χ0n) is 11.2. The van der Waals surface area contributed by atoms with Crippen molar-refractivity contribution >= 4 is 11.7 Å². The fourth-order valence-corrected chi connectivity index (χ4v) is 1.75. The molecule has 100 valence electrons. The number of anilines is 1. The van der Waals surface area contributed by atoms with Crippen molar-refractivity contribution < 1.29 is 15.0 Å². The largest absolute Gasteiger partial charge is 0.478 e. The Morgan fingerprint density at radius 3 is 2.44 bits per heavy atom. The highest BCUT2D eigenvalue weighted by Gasteiger charge is 2.22. The van der Waals surface area contributed by atoms with Crippen LogP contribution in [0.15, 0.2) is 18.2 Å². The Balaban J connectivity index is 2.88. The molecule has 0 aliphatic rings. The number of carboxylic acids is 1. The standard InChI is InChI=1S/C14H21NO3/c1-4-14(18,5-2)9-15-12-7-6-10(3)8-11(12)13(16)17/h6-8,15,18H,4-5,9H2,1-3H3,(H,16,17). The van der Waals surface area contributed by atoms with Crippen molar-refractivity contribution in [1.82, 2.24) is 0 Å². The van der Waals surface area contributed by atoms with E-state index in [0.29, 0.717) is 25.1 Å². The molecule has 1 rings (SSSR count). The molecule has 0 aromatic heterocycles. The SMILES string of the molecule is CCC(O)(CC)CNc1ccc(C)cc1C(=O)O. The van der Waals surface area contributed by atoms with E-state index in [0.717, 1.165) is 5.56 Å². The quantitative estimate of drug-likeness (QED) is 0.727. The number of rotatable bonds is 6. The van der Waals surface area contributed by atoms with E-state index in [1.165, 1.54) is 0 Å². The summed E-state index contributed by atoms with van der Waals surface area (Å²) < 4.78 is 0. The number of benzene rings is 1. The second kappa shape index (κ2) is 5.87. The van der Waals surface area contributed by atoms with Gasteiger partial charge >= 0.3 is 5.97 Å². The molecular weight excluding hydrogens is 230 g/mol. The van der Waals surface area contributed by atoms with Gasteiger partial charge < -0.3 is 15.5 Å². The van der Waals surface area contributed by atoms with Crippen LogP contribution < -0.4 is 5.32 Å². The lowest BCUT2D eigenvalue weighted by Crippen LogP contribution is -2.35. The topological polar surface area (TPSA) is 69.6 Å².